The van der Waals surface area contributed by atoms with Gasteiger partial charge >= 0.3 is 0 Å². The van der Waals surface area contributed by atoms with Crippen LogP contribution in [0.15, 0.2) is 43.6 Å². The summed E-state index contributed by atoms with van der Waals surface area (Å²) >= 11 is 0. The van der Waals surface area contributed by atoms with Crippen LogP contribution >= 0.6 is 0 Å². The first-order chi connectivity index (χ1) is 11.3. The normalized spacial score (nSPS) is 7.13. The first-order valence-corrected chi connectivity index (χ1v) is 8.12. The summed E-state index contributed by atoms with van der Waals surface area (Å²) in [6.45, 7) is 15.9. The Kier molecular flexibility index (Phi) is 27.4. The number of H-pyrrole nitrogens is 3. The van der Waals surface area contributed by atoms with Gasteiger partial charge in [-0.25, -0.2) is 15.0 Å². The molecule has 3 rings (SSSR count). The van der Waals surface area contributed by atoms with E-state index >= 15 is 0 Å². The Morgan fingerprint density at radius 3 is 1.52 bits per heavy atom. The highest BCUT2D eigenvalue weighted by Gasteiger charge is 1.74. The van der Waals surface area contributed by atoms with Gasteiger partial charge in [-0.15, -0.1) is 0 Å². The molecule has 6 heteroatoms. The summed E-state index contributed by atoms with van der Waals surface area (Å²) < 4.78 is 0. The molecule has 0 aliphatic heterocycles. The van der Waals surface area contributed by atoms with Gasteiger partial charge in [0.15, 0.2) is 0 Å². The number of rotatable bonds is 0. The molecule has 3 aromatic rings. The quantitative estimate of drug-likeness (QED) is 0.549. The number of nitrogens with zero attached hydrogens (tertiary/aromatic N) is 3. The van der Waals surface area contributed by atoms with Crippen molar-refractivity contribution in [1.82, 2.24) is 29.9 Å². The minimum Gasteiger partial charge on any atom is -0.351 e. The van der Waals surface area contributed by atoms with E-state index < -0.39 is 0 Å². The third-order valence-electron chi connectivity index (χ3n) is 1.68. The van der Waals surface area contributed by atoms with Gasteiger partial charge in [0.25, 0.3) is 0 Å². The molecule has 0 radical (unpaired) electrons. The lowest BCUT2D eigenvalue weighted by Crippen LogP contribution is -1.66. The molecule has 0 atom stereocenters. The fraction of sp³-hybridized carbons (Fsp3) is 0.471. The second-order valence-electron chi connectivity index (χ2n) is 3.17. The van der Waals surface area contributed by atoms with E-state index in [0.717, 1.165) is 11.5 Å². The van der Waals surface area contributed by atoms with Crippen molar-refractivity contribution in [3.05, 3.63) is 55.2 Å². The Labute approximate surface area is 141 Å². The Bertz CT molecular complexity index is 394. The SMILES string of the molecule is CC.CC.CC.Cc1cnc[nH]1.Cc1ncc[nH]1.c1c[nH]cn1. The van der Waals surface area contributed by atoms with Gasteiger partial charge in [0.05, 0.1) is 12.7 Å². The number of aryl methyl sites for hydroxylation is 2. The molecule has 0 aliphatic rings. The van der Waals surface area contributed by atoms with Gasteiger partial charge in [0.2, 0.25) is 0 Å². The largest absolute Gasteiger partial charge is 0.351 e. The lowest BCUT2D eigenvalue weighted by atomic mass is 10.6. The van der Waals surface area contributed by atoms with Crippen molar-refractivity contribution < 1.29 is 0 Å². The van der Waals surface area contributed by atoms with Crippen LogP contribution < -0.4 is 0 Å². The van der Waals surface area contributed by atoms with Gasteiger partial charge in [-0.2, -0.15) is 0 Å². The Morgan fingerprint density at radius 1 is 0.739 bits per heavy atom. The van der Waals surface area contributed by atoms with Crippen LogP contribution in [0.2, 0.25) is 0 Å². The Hall–Kier alpha value is -2.37. The molecule has 0 aromatic carbocycles. The molecule has 0 spiro atoms. The maximum Gasteiger partial charge on any atom is 0.102 e. The van der Waals surface area contributed by atoms with E-state index in [1.54, 1.807) is 43.6 Å². The van der Waals surface area contributed by atoms with E-state index in [1.165, 1.54) is 0 Å². The van der Waals surface area contributed by atoms with Crippen molar-refractivity contribution in [2.45, 2.75) is 55.4 Å². The topological polar surface area (TPSA) is 86.0 Å². The average Bonchev–Trinajstić information content (AvgIpc) is 3.39. The van der Waals surface area contributed by atoms with Crippen LogP contribution in [0.4, 0.5) is 0 Å². The molecule has 6 nitrogen and oxygen atoms in total. The standard InChI is InChI=1S/2C4H6N2.C3H4N2.3C2H6/c1-4-2-5-3-6-4;1-4-5-2-3-6-4;1-2-5-3-4-1;3*1-2/h2*2-3H,1H3,(H,5,6);1-3H,(H,4,5);3*1-2H3. The van der Waals surface area contributed by atoms with Crippen LogP contribution in [0.5, 0.6) is 0 Å². The molecule has 3 heterocycles. The summed E-state index contributed by atoms with van der Waals surface area (Å²) in [5.41, 5.74) is 1.11. The van der Waals surface area contributed by atoms with Gasteiger partial charge in [-0.05, 0) is 13.8 Å². The third-order valence-corrected chi connectivity index (χ3v) is 1.68. The molecular formula is C17H34N6. The fourth-order valence-electron chi connectivity index (χ4n) is 0.885. The predicted molar refractivity (Wildman–Crippen MR) is 99.3 cm³/mol. The van der Waals surface area contributed by atoms with Gasteiger partial charge in [-0.1, -0.05) is 41.5 Å². The van der Waals surface area contributed by atoms with E-state index in [2.05, 4.69) is 29.9 Å². The van der Waals surface area contributed by atoms with Crippen molar-refractivity contribution in [3.8, 4) is 0 Å². The highest BCUT2D eigenvalue weighted by Crippen LogP contribution is 1.81. The minimum atomic E-state index is 0.968. The smallest absolute Gasteiger partial charge is 0.102 e. The van der Waals surface area contributed by atoms with Crippen LogP contribution in [0.3, 0.4) is 0 Å². The Balaban J connectivity index is -0.000000225. The second kappa shape index (κ2) is 24.6. The molecule has 0 aliphatic carbocycles. The molecular weight excluding hydrogens is 288 g/mol. The monoisotopic (exact) mass is 322 g/mol. The molecule has 3 aromatic heterocycles. The summed E-state index contributed by atoms with van der Waals surface area (Å²) in [6, 6.07) is 0. The van der Waals surface area contributed by atoms with E-state index in [1.807, 2.05) is 55.4 Å². The van der Waals surface area contributed by atoms with E-state index in [9.17, 15) is 0 Å². The molecule has 0 unspecified atom stereocenters. The lowest BCUT2D eigenvalue weighted by molar-refractivity contribution is 1.15. The molecule has 0 fully saturated rings. The first-order valence-electron chi connectivity index (χ1n) is 8.12. The summed E-state index contributed by atoms with van der Waals surface area (Å²) in [5, 5.41) is 0. The van der Waals surface area contributed by atoms with Gasteiger partial charge < -0.3 is 15.0 Å². The molecule has 132 valence electrons. The molecule has 0 bridgehead atoms. The summed E-state index contributed by atoms with van der Waals surface area (Å²) in [6.07, 6.45) is 12.1. The maximum atomic E-state index is 3.86. The van der Waals surface area contributed by atoms with Gasteiger partial charge in [0.1, 0.15) is 5.82 Å². The van der Waals surface area contributed by atoms with Crippen LogP contribution in [0.25, 0.3) is 0 Å². The van der Waals surface area contributed by atoms with Crippen molar-refractivity contribution in [1.29, 1.82) is 0 Å². The molecule has 0 amide bonds. The number of aromatic amines is 3. The van der Waals surface area contributed by atoms with E-state index in [-0.39, 0.29) is 0 Å². The second-order valence-corrected chi connectivity index (χ2v) is 3.17. The molecule has 0 saturated heterocycles. The third kappa shape index (κ3) is 22.1. The average molecular weight is 323 g/mol. The molecule has 23 heavy (non-hydrogen) atoms. The van der Waals surface area contributed by atoms with Gasteiger partial charge in [0, 0.05) is 36.7 Å². The van der Waals surface area contributed by atoms with Crippen molar-refractivity contribution >= 4 is 0 Å². The number of nitrogens with one attached hydrogen (secondary N) is 3. The predicted octanol–water partition coefficient (Wildman–Crippen LogP) is 4.92. The zero-order valence-corrected chi connectivity index (χ0v) is 15.9. The summed E-state index contributed by atoms with van der Waals surface area (Å²) in [4.78, 5) is 19.8. The van der Waals surface area contributed by atoms with Crippen molar-refractivity contribution in [2.24, 2.45) is 0 Å². The summed E-state index contributed by atoms with van der Waals surface area (Å²) in [5.74, 6) is 0.968. The van der Waals surface area contributed by atoms with Crippen LogP contribution in [-0.2, 0) is 0 Å². The van der Waals surface area contributed by atoms with E-state index in [0.29, 0.717) is 0 Å². The Morgan fingerprint density at radius 2 is 1.39 bits per heavy atom. The van der Waals surface area contributed by atoms with Crippen molar-refractivity contribution in [3.63, 3.8) is 0 Å². The zero-order valence-electron chi connectivity index (χ0n) is 15.9. The van der Waals surface area contributed by atoms with Crippen LogP contribution in [0, 0.1) is 13.8 Å². The van der Waals surface area contributed by atoms with Gasteiger partial charge in [-0.3, -0.25) is 0 Å². The number of imidazole rings is 3. The van der Waals surface area contributed by atoms with Crippen LogP contribution in [0.1, 0.15) is 53.1 Å². The highest BCUT2D eigenvalue weighted by molar-refractivity contribution is 4.87. The lowest BCUT2D eigenvalue weighted by Gasteiger charge is -1.68. The number of hydrogen-bond acceptors (Lipinski definition) is 3. The van der Waals surface area contributed by atoms with Crippen molar-refractivity contribution in [2.75, 3.05) is 0 Å². The zero-order chi connectivity index (χ0) is 18.3. The molecule has 0 saturated carbocycles. The highest BCUT2D eigenvalue weighted by atomic mass is 14.9. The summed E-state index contributed by atoms with van der Waals surface area (Å²) in [7, 11) is 0. The van der Waals surface area contributed by atoms with E-state index in [4.69, 9.17) is 0 Å². The molecule has 3 N–H and O–H groups in total. The maximum absolute atomic E-state index is 3.86. The first kappa shape index (κ1) is 25.6. The van der Waals surface area contributed by atoms with Crippen LogP contribution in [-0.4, -0.2) is 29.9 Å². The fourth-order valence-corrected chi connectivity index (χ4v) is 0.885. The number of aromatic nitrogens is 6. The minimum absolute atomic E-state index is 0.968. The number of hydrogen-bond donors (Lipinski definition) is 3.